The lowest BCUT2D eigenvalue weighted by atomic mass is 10.1. The summed E-state index contributed by atoms with van der Waals surface area (Å²) in [4.78, 5) is 4.18. The highest BCUT2D eigenvalue weighted by Gasteiger charge is 2.14. The van der Waals surface area contributed by atoms with Crippen molar-refractivity contribution in [3.8, 4) is 0 Å². The van der Waals surface area contributed by atoms with Gasteiger partial charge in [0.25, 0.3) is 0 Å². The molecule has 1 aliphatic rings. The van der Waals surface area contributed by atoms with Crippen LogP contribution in [-0.4, -0.2) is 24.7 Å². The average Bonchev–Trinajstić information content (AvgIpc) is 2.71. The largest absolute Gasteiger partial charge is 0.399 e. The number of nitrogen functional groups attached to an aromatic ring is 1. The van der Waals surface area contributed by atoms with Gasteiger partial charge in [0.15, 0.2) is 0 Å². The Morgan fingerprint density at radius 2 is 2.53 bits per heavy atom. The number of ether oxygens (including phenoxy) is 1. The van der Waals surface area contributed by atoms with Crippen LogP contribution in [0.2, 0.25) is 0 Å². The molecule has 0 saturated carbocycles. The second kappa shape index (κ2) is 4.98. The zero-order valence-corrected chi connectivity index (χ0v) is 8.78. The molecule has 0 radical (unpaired) electrons. The van der Waals surface area contributed by atoms with E-state index in [2.05, 4.69) is 10.3 Å². The maximum Gasteiger partial charge on any atom is 0.127 e. The topological polar surface area (TPSA) is 60.2 Å². The minimum absolute atomic E-state index is 0.707. The van der Waals surface area contributed by atoms with Gasteiger partial charge in [-0.15, -0.1) is 0 Å². The smallest absolute Gasteiger partial charge is 0.127 e. The van der Waals surface area contributed by atoms with Crippen molar-refractivity contribution in [3.63, 3.8) is 0 Å². The number of rotatable bonds is 4. The molecule has 4 nitrogen and oxygen atoms in total. The Morgan fingerprint density at radius 3 is 3.27 bits per heavy atom. The Kier molecular flexibility index (Phi) is 3.40. The molecule has 2 rings (SSSR count). The van der Waals surface area contributed by atoms with Gasteiger partial charge in [-0.25, -0.2) is 4.98 Å². The fourth-order valence-electron chi connectivity index (χ4n) is 1.76. The van der Waals surface area contributed by atoms with E-state index >= 15 is 0 Å². The predicted molar refractivity (Wildman–Crippen MR) is 60.7 cm³/mol. The monoisotopic (exact) mass is 207 g/mol. The Hall–Kier alpha value is -1.29. The summed E-state index contributed by atoms with van der Waals surface area (Å²) < 4.78 is 5.32. The number of nitrogens with one attached hydrogen (secondary N) is 1. The highest BCUT2D eigenvalue weighted by molar-refractivity contribution is 5.48. The van der Waals surface area contributed by atoms with Gasteiger partial charge in [-0.3, -0.25) is 0 Å². The molecule has 3 N–H and O–H groups in total. The molecule has 1 saturated heterocycles. The van der Waals surface area contributed by atoms with Crippen LogP contribution in [0.15, 0.2) is 18.3 Å². The molecule has 1 unspecified atom stereocenters. The van der Waals surface area contributed by atoms with Crippen LogP contribution < -0.4 is 11.1 Å². The molecule has 2 heterocycles. The van der Waals surface area contributed by atoms with Gasteiger partial charge in [-0.1, -0.05) is 0 Å². The van der Waals surface area contributed by atoms with Gasteiger partial charge >= 0.3 is 0 Å². The van der Waals surface area contributed by atoms with Crippen LogP contribution in [0.4, 0.5) is 11.5 Å². The number of nitrogens with two attached hydrogens (primary N) is 1. The highest BCUT2D eigenvalue weighted by atomic mass is 16.5. The molecular formula is C11H17N3O. The molecule has 82 valence electrons. The third-order valence-electron chi connectivity index (χ3n) is 2.67. The number of anilines is 2. The molecule has 1 atom stereocenters. The number of nitrogens with zero attached hydrogens (tertiary/aromatic N) is 1. The van der Waals surface area contributed by atoms with Crippen LogP contribution in [0.1, 0.15) is 12.8 Å². The lowest BCUT2D eigenvalue weighted by molar-refractivity contribution is 0.185. The highest BCUT2D eigenvalue weighted by Crippen LogP contribution is 2.16. The van der Waals surface area contributed by atoms with Crippen LogP contribution >= 0.6 is 0 Å². The van der Waals surface area contributed by atoms with Crippen LogP contribution in [0.5, 0.6) is 0 Å². The molecule has 0 aliphatic carbocycles. The molecule has 1 fully saturated rings. The normalized spacial score (nSPS) is 20.4. The van der Waals surface area contributed by atoms with E-state index in [9.17, 15) is 0 Å². The van der Waals surface area contributed by atoms with Crippen LogP contribution in [0.3, 0.4) is 0 Å². The van der Waals surface area contributed by atoms with Gasteiger partial charge in [0.1, 0.15) is 5.82 Å². The Labute approximate surface area is 89.8 Å². The quantitative estimate of drug-likeness (QED) is 0.785. The van der Waals surface area contributed by atoms with Gasteiger partial charge in [0.05, 0.1) is 0 Å². The van der Waals surface area contributed by atoms with Crippen LogP contribution in [0, 0.1) is 5.92 Å². The van der Waals surface area contributed by atoms with Crippen molar-refractivity contribution in [1.82, 2.24) is 4.98 Å². The summed E-state index contributed by atoms with van der Waals surface area (Å²) in [6.45, 7) is 2.76. The van der Waals surface area contributed by atoms with Crippen LogP contribution in [0.25, 0.3) is 0 Å². The summed E-state index contributed by atoms with van der Waals surface area (Å²) >= 11 is 0. The molecule has 1 aliphatic heterocycles. The van der Waals surface area contributed by atoms with E-state index in [4.69, 9.17) is 10.5 Å². The van der Waals surface area contributed by atoms with Crippen molar-refractivity contribution < 1.29 is 4.74 Å². The minimum Gasteiger partial charge on any atom is -0.399 e. The molecule has 0 amide bonds. The van der Waals surface area contributed by atoms with Crippen molar-refractivity contribution in [2.75, 3.05) is 30.8 Å². The molecule has 0 bridgehead atoms. The summed E-state index contributed by atoms with van der Waals surface area (Å²) in [5.41, 5.74) is 6.40. The summed E-state index contributed by atoms with van der Waals surface area (Å²) in [5.74, 6) is 1.56. The minimum atomic E-state index is 0.707. The molecule has 1 aromatic heterocycles. The first-order valence-corrected chi connectivity index (χ1v) is 5.38. The maximum atomic E-state index is 5.65. The average molecular weight is 207 g/mol. The van der Waals surface area contributed by atoms with E-state index in [1.807, 2.05) is 6.07 Å². The van der Waals surface area contributed by atoms with E-state index in [1.165, 1.54) is 6.42 Å². The molecule has 4 heteroatoms. The summed E-state index contributed by atoms with van der Waals surface area (Å²) in [6, 6.07) is 3.64. The van der Waals surface area contributed by atoms with Gasteiger partial charge in [-0.05, 0) is 24.8 Å². The lowest BCUT2D eigenvalue weighted by Crippen LogP contribution is -2.09. The lowest BCUT2D eigenvalue weighted by Gasteiger charge is -2.09. The number of hydrogen-bond acceptors (Lipinski definition) is 4. The van der Waals surface area contributed by atoms with Gasteiger partial charge in [-0.2, -0.15) is 0 Å². The van der Waals surface area contributed by atoms with Gasteiger partial charge in [0.2, 0.25) is 0 Å². The van der Waals surface area contributed by atoms with E-state index in [-0.39, 0.29) is 0 Å². The number of aromatic nitrogens is 1. The Morgan fingerprint density at radius 1 is 1.60 bits per heavy atom. The Bertz CT molecular complexity index is 310. The van der Waals surface area contributed by atoms with E-state index in [0.29, 0.717) is 5.92 Å². The van der Waals surface area contributed by atoms with Crippen molar-refractivity contribution in [1.29, 1.82) is 0 Å². The first-order valence-electron chi connectivity index (χ1n) is 5.38. The summed E-state index contributed by atoms with van der Waals surface area (Å²) in [5, 5.41) is 3.27. The van der Waals surface area contributed by atoms with E-state index in [0.717, 1.165) is 37.7 Å². The molecule has 0 aromatic carbocycles. The second-order valence-corrected chi connectivity index (χ2v) is 3.92. The second-order valence-electron chi connectivity index (χ2n) is 3.92. The van der Waals surface area contributed by atoms with Crippen molar-refractivity contribution >= 4 is 11.5 Å². The summed E-state index contributed by atoms with van der Waals surface area (Å²) in [7, 11) is 0. The SMILES string of the molecule is Nc1ccnc(NCCC2CCOC2)c1. The van der Waals surface area contributed by atoms with E-state index in [1.54, 1.807) is 12.3 Å². The van der Waals surface area contributed by atoms with Gasteiger partial charge < -0.3 is 15.8 Å². The molecule has 0 spiro atoms. The predicted octanol–water partition coefficient (Wildman–Crippen LogP) is 1.50. The molecule has 1 aromatic rings. The zero-order valence-electron chi connectivity index (χ0n) is 8.78. The first-order chi connectivity index (χ1) is 7.34. The van der Waals surface area contributed by atoms with E-state index < -0.39 is 0 Å². The first kappa shape index (κ1) is 10.2. The van der Waals surface area contributed by atoms with Crippen LogP contribution in [-0.2, 0) is 4.74 Å². The van der Waals surface area contributed by atoms with Gasteiger partial charge in [0, 0.05) is 37.7 Å². The molecule has 15 heavy (non-hydrogen) atoms. The number of pyridine rings is 1. The summed E-state index contributed by atoms with van der Waals surface area (Å²) in [6.07, 6.45) is 4.04. The van der Waals surface area contributed by atoms with Crippen molar-refractivity contribution in [3.05, 3.63) is 18.3 Å². The fraction of sp³-hybridized carbons (Fsp3) is 0.545. The third kappa shape index (κ3) is 3.09. The van der Waals surface area contributed by atoms with Crippen molar-refractivity contribution in [2.24, 2.45) is 5.92 Å². The fourth-order valence-corrected chi connectivity index (χ4v) is 1.76. The zero-order chi connectivity index (χ0) is 10.5. The maximum absolute atomic E-state index is 5.65. The molecular weight excluding hydrogens is 190 g/mol. The standard InChI is InChI=1S/C11H17N3O/c12-10-2-5-14-11(7-10)13-4-1-9-3-6-15-8-9/h2,5,7,9H,1,3-4,6,8H2,(H3,12,13,14). The van der Waals surface area contributed by atoms with Crippen molar-refractivity contribution in [2.45, 2.75) is 12.8 Å². The third-order valence-corrected chi connectivity index (χ3v) is 2.67. The Balaban J connectivity index is 1.73. The number of hydrogen-bond donors (Lipinski definition) is 2.